The van der Waals surface area contributed by atoms with Crippen LogP contribution in [0.4, 0.5) is 0 Å². The van der Waals surface area contributed by atoms with Crippen molar-refractivity contribution < 1.29 is 9.53 Å². The third kappa shape index (κ3) is 5.25. The number of benzene rings is 2. The van der Waals surface area contributed by atoms with E-state index >= 15 is 0 Å². The number of nitrogens with zero attached hydrogens (tertiary/aromatic N) is 2. The van der Waals surface area contributed by atoms with E-state index in [4.69, 9.17) is 16.3 Å². The second-order valence-electron chi connectivity index (χ2n) is 7.01. The highest BCUT2D eigenvalue weighted by Gasteiger charge is 2.17. The van der Waals surface area contributed by atoms with E-state index in [0.29, 0.717) is 22.9 Å². The number of piperazine rings is 1. The highest BCUT2D eigenvalue weighted by molar-refractivity contribution is 6.31. The number of amides is 1. The van der Waals surface area contributed by atoms with Gasteiger partial charge in [-0.15, -0.1) is 0 Å². The van der Waals surface area contributed by atoms with Crippen LogP contribution in [-0.4, -0.2) is 55.5 Å². The summed E-state index contributed by atoms with van der Waals surface area (Å²) in [5.74, 6) is 0.328. The first kappa shape index (κ1) is 20.6. The van der Waals surface area contributed by atoms with Crippen molar-refractivity contribution in [3.05, 3.63) is 64.2 Å². The van der Waals surface area contributed by atoms with Gasteiger partial charge < -0.3 is 15.0 Å². The first-order chi connectivity index (χ1) is 13.6. The molecule has 6 heteroatoms. The zero-order valence-corrected chi connectivity index (χ0v) is 17.3. The van der Waals surface area contributed by atoms with Gasteiger partial charge in [0.05, 0.1) is 12.7 Å². The summed E-state index contributed by atoms with van der Waals surface area (Å²) in [7, 11) is 1.55. The lowest BCUT2D eigenvalue weighted by Gasteiger charge is -2.34. The first-order valence-corrected chi connectivity index (χ1v) is 10.1. The molecule has 1 fully saturated rings. The minimum atomic E-state index is -0.189. The smallest absolute Gasteiger partial charge is 0.255 e. The Kier molecular flexibility index (Phi) is 7.31. The summed E-state index contributed by atoms with van der Waals surface area (Å²) in [5, 5.41) is 3.52. The molecule has 2 aromatic rings. The van der Waals surface area contributed by atoms with Crippen LogP contribution in [0, 0.1) is 0 Å². The summed E-state index contributed by atoms with van der Waals surface area (Å²) in [4.78, 5) is 17.6. The summed E-state index contributed by atoms with van der Waals surface area (Å²) in [6.07, 6.45) is 0. The lowest BCUT2D eigenvalue weighted by Crippen LogP contribution is -2.45. The Bertz CT molecular complexity index is 804. The van der Waals surface area contributed by atoms with Crippen molar-refractivity contribution in [3.63, 3.8) is 0 Å². The van der Waals surface area contributed by atoms with E-state index in [1.54, 1.807) is 25.3 Å². The number of carbonyl (C=O) groups excluding carboxylic acids is 1. The highest BCUT2D eigenvalue weighted by Crippen LogP contribution is 2.23. The fourth-order valence-corrected chi connectivity index (χ4v) is 3.69. The van der Waals surface area contributed by atoms with Crippen LogP contribution < -0.4 is 10.1 Å². The van der Waals surface area contributed by atoms with Crippen LogP contribution in [0.15, 0.2) is 42.5 Å². The maximum Gasteiger partial charge on any atom is 0.255 e. The van der Waals surface area contributed by atoms with Gasteiger partial charge in [0.25, 0.3) is 5.91 Å². The Morgan fingerprint density at radius 1 is 1.07 bits per heavy atom. The predicted octanol–water partition coefficient (Wildman–Crippen LogP) is 3.42. The van der Waals surface area contributed by atoms with E-state index in [0.717, 1.165) is 44.8 Å². The number of nitrogens with one attached hydrogen (secondary N) is 1. The van der Waals surface area contributed by atoms with Crippen LogP contribution in [0.5, 0.6) is 5.75 Å². The minimum Gasteiger partial charge on any atom is -0.496 e. The second kappa shape index (κ2) is 9.92. The summed E-state index contributed by atoms with van der Waals surface area (Å²) in [5.41, 5.74) is 2.84. The lowest BCUT2D eigenvalue weighted by molar-refractivity contribution is 0.0947. The van der Waals surface area contributed by atoms with Gasteiger partial charge in [-0.05, 0) is 35.9 Å². The molecule has 3 rings (SSSR count). The fourth-order valence-electron chi connectivity index (χ4n) is 3.52. The van der Waals surface area contributed by atoms with Gasteiger partial charge in [-0.3, -0.25) is 9.69 Å². The maximum absolute atomic E-state index is 12.7. The molecule has 28 heavy (non-hydrogen) atoms. The number of hydrogen-bond acceptors (Lipinski definition) is 4. The number of ether oxygens (including phenoxy) is 1. The molecule has 0 saturated carbocycles. The number of rotatable bonds is 7. The molecule has 0 radical (unpaired) electrons. The van der Waals surface area contributed by atoms with Crippen molar-refractivity contribution in [1.29, 1.82) is 0 Å². The number of methoxy groups -OCH3 is 1. The van der Waals surface area contributed by atoms with Gasteiger partial charge in [-0.2, -0.15) is 0 Å². The molecular formula is C22H28ClN3O2. The Morgan fingerprint density at radius 2 is 1.75 bits per heavy atom. The second-order valence-corrected chi connectivity index (χ2v) is 7.44. The van der Waals surface area contributed by atoms with E-state index in [1.165, 1.54) is 5.56 Å². The zero-order valence-electron chi connectivity index (χ0n) is 16.6. The zero-order chi connectivity index (χ0) is 19.9. The summed E-state index contributed by atoms with van der Waals surface area (Å²) in [6, 6.07) is 13.4. The Balaban J connectivity index is 1.64. The van der Waals surface area contributed by atoms with Gasteiger partial charge in [-0.1, -0.05) is 42.8 Å². The number of hydrogen-bond donors (Lipinski definition) is 1. The van der Waals surface area contributed by atoms with Gasteiger partial charge in [0.2, 0.25) is 0 Å². The van der Waals surface area contributed by atoms with E-state index < -0.39 is 0 Å². The van der Waals surface area contributed by atoms with Crippen LogP contribution in [0.3, 0.4) is 0 Å². The molecule has 150 valence electrons. The third-order valence-electron chi connectivity index (χ3n) is 5.27. The molecule has 1 amide bonds. The largest absolute Gasteiger partial charge is 0.496 e. The van der Waals surface area contributed by atoms with E-state index in [-0.39, 0.29) is 5.91 Å². The van der Waals surface area contributed by atoms with Crippen molar-refractivity contribution in [2.24, 2.45) is 0 Å². The average molecular weight is 402 g/mol. The van der Waals surface area contributed by atoms with E-state index in [2.05, 4.69) is 40.2 Å². The average Bonchev–Trinajstić information content (AvgIpc) is 2.73. The predicted molar refractivity (Wildman–Crippen MR) is 113 cm³/mol. The monoisotopic (exact) mass is 401 g/mol. The molecule has 0 bridgehead atoms. The molecule has 2 aromatic carbocycles. The van der Waals surface area contributed by atoms with Crippen molar-refractivity contribution in [1.82, 2.24) is 15.1 Å². The molecule has 1 heterocycles. The molecule has 0 atom stereocenters. The summed E-state index contributed by atoms with van der Waals surface area (Å²) in [6.45, 7) is 9.09. The molecule has 0 spiro atoms. The van der Waals surface area contributed by atoms with E-state index in [1.807, 2.05) is 6.07 Å². The minimum absolute atomic E-state index is 0.189. The molecular weight excluding hydrogens is 374 g/mol. The van der Waals surface area contributed by atoms with Gasteiger partial charge in [0, 0.05) is 44.3 Å². The summed E-state index contributed by atoms with van der Waals surface area (Å²) >= 11 is 6.04. The van der Waals surface area contributed by atoms with Gasteiger partial charge in [0.15, 0.2) is 0 Å². The van der Waals surface area contributed by atoms with Crippen molar-refractivity contribution in [3.8, 4) is 5.75 Å². The van der Waals surface area contributed by atoms with Gasteiger partial charge in [0.1, 0.15) is 5.75 Å². The molecule has 1 aliphatic rings. The van der Waals surface area contributed by atoms with Crippen LogP contribution in [0.2, 0.25) is 5.02 Å². The fraction of sp³-hybridized carbons (Fsp3) is 0.409. The van der Waals surface area contributed by atoms with Gasteiger partial charge in [-0.25, -0.2) is 0 Å². The van der Waals surface area contributed by atoms with Gasteiger partial charge >= 0.3 is 0 Å². The van der Waals surface area contributed by atoms with Crippen molar-refractivity contribution >= 4 is 17.5 Å². The Hall–Kier alpha value is -2.08. The number of likely N-dealkylation sites (N-methyl/N-ethyl adjacent to an activating group) is 1. The van der Waals surface area contributed by atoms with Crippen LogP contribution in [0.25, 0.3) is 0 Å². The standard InChI is InChI=1S/C22H28ClN3O2/c1-3-25-10-12-26(13-11-25)16-18-7-5-4-6-17(18)15-24-22(27)20-14-19(23)8-9-21(20)28-2/h4-9,14H,3,10-13,15-16H2,1-2H3,(H,24,27). The van der Waals surface area contributed by atoms with E-state index in [9.17, 15) is 4.79 Å². The Labute approximate surface area is 172 Å². The van der Waals surface area contributed by atoms with Crippen LogP contribution in [-0.2, 0) is 13.1 Å². The lowest BCUT2D eigenvalue weighted by atomic mass is 10.1. The van der Waals surface area contributed by atoms with Crippen molar-refractivity contribution in [2.45, 2.75) is 20.0 Å². The SMILES string of the molecule is CCN1CCN(Cc2ccccc2CNC(=O)c2cc(Cl)ccc2OC)CC1. The number of halogens is 1. The highest BCUT2D eigenvalue weighted by atomic mass is 35.5. The molecule has 1 aliphatic heterocycles. The normalized spacial score (nSPS) is 15.4. The molecule has 0 aromatic heterocycles. The maximum atomic E-state index is 12.7. The Morgan fingerprint density at radius 3 is 2.43 bits per heavy atom. The quantitative estimate of drug-likeness (QED) is 0.772. The molecule has 5 nitrogen and oxygen atoms in total. The van der Waals surface area contributed by atoms with Crippen molar-refractivity contribution in [2.75, 3.05) is 39.8 Å². The summed E-state index contributed by atoms with van der Waals surface area (Å²) < 4.78 is 5.29. The molecule has 0 aliphatic carbocycles. The molecule has 1 N–H and O–H groups in total. The number of carbonyl (C=O) groups is 1. The third-order valence-corrected chi connectivity index (χ3v) is 5.51. The van der Waals surface area contributed by atoms with Crippen LogP contribution >= 0.6 is 11.6 Å². The first-order valence-electron chi connectivity index (χ1n) is 9.74. The topological polar surface area (TPSA) is 44.8 Å². The molecule has 0 unspecified atom stereocenters. The molecule has 1 saturated heterocycles. The van der Waals surface area contributed by atoms with Crippen LogP contribution in [0.1, 0.15) is 28.4 Å².